The first kappa shape index (κ1) is 12.5. The normalized spacial score (nSPS) is 22.5. The SMILES string of the molecule is O=C(NC1CC1)C1CN(c2ccc3nncn3n2)CCO1. The Kier molecular flexibility index (Phi) is 2.95. The lowest BCUT2D eigenvalue weighted by Crippen LogP contribution is -2.50. The molecule has 1 N–H and O–H groups in total. The van der Waals surface area contributed by atoms with E-state index in [1.54, 1.807) is 10.8 Å². The Labute approximate surface area is 121 Å². The summed E-state index contributed by atoms with van der Waals surface area (Å²) in [5, 5.41) is 15.2. The van der Waals surface area contributed by atoms with Gasteiger partial charge in [0, 0.05) is 12.6 Å². The molecule has 1 unspecified atom stereocenters. The smallest absolute Gasteiger partial charge is 0.251 e. The molecule has 2 fully saturated rings. The van der Waals surface area contributed by atoms with Gasteiger partial charge in [0.05, 0.1) is 13.2 Å². The molecule has 8 nitrogen and oxygen atoms in total. The van der Waals surface area contributed by atoms with Crippen LogP contribution in [0.3, 0.4) is 0 Å². The van der Waals surface area contributed by atoms with Gasteiger partial charge in [-0.15, -0.1) is 15.3 Å². The number of carbonyl (C=O) groups is 1. The fraction of sp³-hybridized carbons (Fsp3) is 0.538. The molecule has 21 heavy (non-hydrogen) atoms. The predicted octanol–water partition coefficient (Wildman–Crippen LogP) is -0.392. The maximum Gasteiger partial charge on any atom is 0.251 e. The van der Waals surface area contributed by atoms with Crippen molar-refractivity contribution in [1.82, 2.24) is 25.1 Å². The third-order valence-electron chi connectivity index (χ3n) is 3.75. The van der Waals surface area contributed by atoms with Crippen LogP contribution in [0.5, 0.6) is 0 Å². The van der Waals surface area contributed by atoms with E-state index in [1.807, 2.05) is 12.1 Å². The monoisotopic (exact) mass is 288 g/mol. The van der Waals surface area contributed by atoms with E-state index < -0.39 is 6.10 Å². The second-order valence-electron chi connectivity index (χ2n) is 5.41. The van der Waals surface area contributed by atoms with Crippen molar-refractivity contribution in [3.8, 4) is 0 Å². The van der Waals surface area contributed by atoms with Crippen molar-refractivity contribution in [3.63, 3.8) is 0 Å². The molecule has 0 bridgehead atoms. The molecule has 1 saturated heterocycles. The summed E-state index contributed by atoms with van der Waals surface area (Å²) >= 11 is 0. The Morgan fingerprint density at radius 1 is 1.38 bits per heavy atom. The summed E-state index contributed by atoms with van der Waals surface area (Å²) in [6.07, 6.45) is 3.29. The molecule has 0 aromatic carbocycles. The number of nitrogens with one attached hydrogen (secondary N) is 1. The van der Waals surface area contributed by atoms with Gasteiger partial charge in [0.2, 0.25) is 0 Å². The average molecular weight is 288 g/mol. The second-order valence-corrected chi connectivity index (χ2v) is 5.41. The highest BCUT2D eigenvalue weighted by atomic mass is 16.5. The van der Waals surface area contributed by atoms with E-state index in [4.69, 9.17) is 4.74 Å². The fourth-order valence-corrected chi connectivity index (χ4v) is 2.42. The topological polar surface area (TPSA) is 84.7 Å². The number of hydrogen-bond donors (Lipinski definition) is 1. The Hall–Kier alpha value is -2.22. The highest BCUT2D eigenvalue weighted by Crippen LogP contribution is 2.20. The molecule has 0 radical (unpaired) electrons. The van der Waals surface area contributed by atoms with Crippen molar-refractivity contribution < 1.29 is 9.53 Å². The van der Waals surface area contributed by atoms with E-state index in [-0.39, 0.29) is 5.91 Å². The highest BCUT2D eigenvalue weighted by Gasteiger charge is 2.31. The van der Waals surface area contributed by atoms with Crippen LogP contribution in [0.2, 0.25) is 0 Å². The third-order valence-corrected chi connectivity index (χ3v) is 3.75. The van der Waals surface area contributed by atoms with E-state index in [9.17, 15) is 4.79 Å². The number of nitrogens with zero attached hydrogens (tertiary/aromatic N) is 5. The summed E-state index contributed by atoms with van der Waals surface area (Å²) in [5.74, 6) is 0.780. The van der Waals surface area contributed by atoms with Gasteiger partial charge in [0.25, 0.3) is 5.91 Å². The summed E-state index contributed by atoms with van der Waals surface area (Å²) in [6.45, 7) is 1.75. The van der Waals surface area contributed by atoms with Crippen LogP contribution < -0.4 is 10.2 Å². The molecule has 2 aliphatic rings. The minimum atomic E-state index is -0.433. The molecule has 0 spiro atoms. The molecule has 1 saturated carbocycles. The van der Waals surface area contributed by atoms with E-state index >= 15 is 0 Å². The second kappa shape index (κ2) is 4.96. The molecule has 1 atom stereocenters. The zero-order valence-electron chi connectivity index (χ0n) is 11.5. The number of anilines is 1. The van der Waals surface area contributed by atoms with Crippen LogP contribution in [0.15, 0.2) is 18.5 Å². The summed E-state index contributed by atoms with van der Waals surface area (Å²) in [6, 6.07) is 4.11. The number of hydrogen-bond acceptors (Lipinski definition) is 6. The average Bonchev–Trinajstić information content (AvgIpc) is 3.20. The van der Waals surface area contributed by atoms with Crippen LogP contribution in [0.1, 0.15) is 12.8 Å². The van der Waals surface area contributed by atoms with Crippen molar-refractivity contribution >= 4 is 17.4 Å². The zero-order valence-corrected chi connectivity index (χ0v) is 11.5. The lowest BCUT2D eigenvalue weighted by atomic mass is 10.2. The molecule has 110 valence electrons. The summed E-state index contributed by atoms with van der Waals surface area (Å²) in [5.41, 5.74) is 0.704. The van der Waals surface area contributed by atoms with Gasteiger partial charge in [-0.1, -0.05) is 0 Å². The van der Waals surface area contributed by atoms with Gasteiger partial charge >= 0.3 is 0 Å². The van der Waals surface area contributed by atoms with Crippen LogP contribution in [0, 0.1) is 0 Å². The largest absolute Gasteiger partial charge is 0.365 e. The van der Waals surface area contributed by atoms with Crippen LogP contribution in [0.4, 0.5) is 5.82 Å². The number of amides is 1. The summed E-state index contributed by atoms with van der Waals surface area (Å²) in [7, 11) is 0. The zero-order chi connectivity index (χ0) is 14.2. The molecule has 1 amide bonds. The predicted molar refractivity (Wildman–Crippen MR) is 73.9 cm³/mol. The molecule has 8 heteroatoms. The third kappa shape index (κ3) is 2.54. The minimum absolute atomic E-state index is 0.0208. The first-order valence-electron chi connectivity index (χ1n) is 7.13. The fourth-order valence-electron chi connectivity index (χ4n) is 2.42. The van der Waals surface area contributed by atoms with Gasteiger partial charge in [0.1, 0.15) is 12.1 Å². The van der Waals surface area contributed by atoms with E-state index in [2.05, 4.69) is 25.5 Å². The van der Waals surface area contributed by atoms with Gasteiger partial charge in [-0.25, -0.2) is 0 Å². The van der Waals surface area contributed by atoms with E-state index in [1.165, 1.54) is 0 Å². The Morgan fingerprint density at radius 3 is 3.14 bits per heavy atom. The summed E-state index contributed by atoms with van der Waals surface area (Å²) in [4.78, 5) is 14.1. The molecule has 1 aliphatic heterocycles. The van der Waals surface area contributed by atoms with Gasteiger partial charge in [-0.3, -0.25) is 4.79 Å². The van der Waals surface area contributed by atoms with Gasteiger partial charge in [-0.05, 0) is 25.0 Å². The first-order valence-corrected chi connectivity index (χ1v) is 7.13. The Balaban J connectivity index is 1.49. The van der Waals surface area contributed by atoms with Crippen molar-refractivity contribution in [2.24, 2.45) is 0 Å². The molecule has 4 rings (SSSR count). The molecular weight excluding hydrogens is 272 g/mol. The van der Waals surface area contributed by atoms with Crippen LogP contribution in [-0.4, -0.2) is 57.6 Å². The van der Waals surface area contributed by atoms with Crippen LogP contribution in [-0.2, 0) is 9.53 Å². The number of aromatic nitrogens is 4. The number of carbonyl (C=O) groups excluding carboxylic acids is 1. The lowest BCUT2D eigenvalue weighted by Gasteiger charge is -2.32. The summed E-state index contributed by atoms with van der Waals surface area (Å²) < 4.78 is 7.21. The Bertz CT molecular complexity index is 667. The molecule has 3 heterocycles. The van der Waals surface area contributed by atoms with Crippen molar-refractivity contribution in [3.05, 3.63) is 18.5 Å². The van der Waals surface area contributed by atoms with Gasteiger partial charge < -0.3 is 15.0 Å². The first-order chi connectivity index (χ1) is 10.3. The van der Waals surface area contributed by atoms with Crippen molar-refractivity contribution in [2.75, 3.05) is 24.6 Å². The number of rotatable bonds is 3. The van der Waals surface area contributed by atoms with E-state index in [0.717, 1.165) is 18.7 Å². The number of fused-ring (bicyclic) bond motifs is 1. The Morgan fingerprint density at radius 2 is 2.29 bits per heavy atom. The maximum atomic E-state index is 12.1. The maximum absolute atomic E-state index is 12.1. The van der Waals surface area contributed by atoms with Crippen molar-refractivity contribution in [2.45, 2.75) is 25.0 Å². The number of ether oxygens (including phenoxy) is 1. The molecule has 1 aliphatic carbocycles. The van der Waals surface area contributed by atoms with Crippen LogP contribution >= 0.6 is 0 Å². The van der Waals surface area contributed by atoms with Gasteiger partial charge in [-0.2, -0.15) is 4.52 Å². The van der Waals surface area contributed by atoms with Crippen molar-refractivity contribution in [1.29, 1.82) is 0 Å². The quantitative estimate of drug-likeness (QED) is 0.828. The lowest BCUT2D eigenvalue weighted by molar-refractivity contribution is -0.133. The molecule has 2 aromatic rings. The molecular formula is C13H16N6O2. The molecule has 2 aromatic heterocycles. The van der Waals surface area contributed by atoms with E-state index in [0.29, 0.717) is 31.4 Å². The highest BCUT2D eigenvalue weighted by molar-refractivity contribution is 5.82. The standard InChI is InChI=1S/C13H16N6O2/c20-13(15-9-1-2-9)10-7-18(5-6-21-10)12-4-3-11-16-14-8-19(11)17-12/h3-4,8-10H,1-2,5-7H2,(H,15,20). The van der Waals surface area contributed by atoms with Crippen LogP contribution in [0.25, 0.3) is 5.65 Å². The minimum Gasteiger partial charge on any atom is -0.365 e. The van der Waals surface area contributed by atoms with Gasteiger partial charge in [0.15, 0.2) is 11.8 Å². The number of morpholine rings is 1.